The van der Waals surface area contributed by atoms with Crippen molar-refractivity contribution in [3.63, 3.8) is 0 Å². The number of benzene rings is 3. The molecular weight excluding hydrogens is 557 g/mol. The average Bonchev–Trinajstić information content (AvgIpc) is 2.96. The van der Waals surface area contributed by atoms with Gasteiger partial charge in [-0.05, 0) is 80.8 Å². The normalized spacial score (nSPS) is 11.9. The second-order valence-electron chi connectivity index (χ2n) is 9.97. The van der Waals surface area contributed by atoms with E-state index in [0.29, 0.717) is 25.3 Å². The number of ether oxygens (including phenoxy) is 1. The number of nitrogens with one attached hydrogen (secondary N) is 1. The van der Waals surface area contributed by atoms with Crippen LogP contribution >= 0.6 is 0 Å². The molecule has 0 aromatic heterocycles. The molecule has 1 atom stereocenters. The molecule has 0 aliphatic carbocycles. The summed E-state index contributed by atoms with van der Waals surface area (Å²) in [7, 11) is -4.30. The average molecular weight is 598 g/mol. The molecule has 0 saturated carbocycles. The van der Waals surface area contributed by atoms with Crippen LogP contribution in [-0.2, 0) is 26.2 Å². The highest BCUT2D eigenvalue weighted by molar-refractivity contribution is 7.92. The summed E-state index contributed by atoms with van der Waals surface area (Å²) in [5, 5.41) is 2.92. The Balaban J connectivity index is 2.04. The van der Waals surface area contributed by atoms with Gasteiger partial charge in [-0.1, -0.05) is 50.1 Å². The van der Waals surface area contributed by atoms with Crippen molar-refractivity contribution in [3.8, 4) is 5.75 Å². The number of carbonyl (C=O) groups is 2. The summed E-state index contributed by atoms with van der Waals surface area (Å²) in [5.41, 5.74) is 2.04. The summed E-state index contributed by atoms with van der Waals surface area (Å²) in [6, 6.07) is 17.6. The lowest BCUT2D eigenvalue weighted by molar-refractivity contribution is -0.140. The van der Waals surface area contributed by atoms with Gasteiger partial charge in [0.05, 0.1) is 17.2 Å². The molecule has 8 nitrogen and oxygen atoms in total. The van der Waals surface area contributed by atoms with E-state index in [2.05, 4.69) is 5.32 Å². The zero-order valence-electron chi connectivity index (χ0n) is 24.7. The molecule has 0 aliphatic heterocycles. The van der Waals surface area contributed by atoms with Gasteiger partial charge in [0.1, 0.15) is 24.2 Å². The maximum Gasteiger partial charge on any atom is 0.264 e. The number of carbonyl (C=O) groups excluding carboxylic acids is 2. The number of nitrogens with zero attached hydrogens (tertiary/aromatic N) is 2. The third kappa shape index (κ3) is 8.55. The Morgan fingerprint density at radius 2 is 1.67 bits per heavy atom. The molecule has 0 saturated heterocycles. The molecule has 0 radical (unpaired) electrons. The first-order valence-corrected chi connectivity index (χ1v) is 15.7. The Morgan fingerprint density at radius 1 is 0.976 bits per heavy atom. The van der Waals surface area contributed by atoms with E-state index >= 15 is 0 Å². The summed E-state index contributed by atoms with van der Waals surface area (Å²) in [4.78, 5) is 28.7. The van der Waals surface area contributed by atoms with E-state index in [0.717, 1.165) is 52.5 Å². The molecule has 42 heavy (non-hydrogen) atoms. The molecule has 0 bridgehead atoms. The maximum absolute atomic E-state index is 14.1. The van der Waals surface area contributed by atoms with Crippen molar-refractivity contribution >= 4 is 27.5 Å². The van der Waals surface area contributed by atoms with Gasteiger partial charge in [-0.3, -0.25) is 13.9 Å². The van der Waals surface area contributed by atoms with Crippen molar-refractivity contribution in [2.45, 2.75) is 64.4 Å². The number of rotatable bonds is 15. The molecule has 2 amide bonds. The van der Waals surface area contributed by atoms with Gasteiger partial charge in [0, 0.05) is 13.1 Å². The van der Waals surface area contributed by atoms with Crippen molar-refractivity contribution in [2.75, 3.05) is 24.0 Å². The van der Waals surface area contributed by atoms with Crippen LogP contribution in [0.5, 0.6) is 5.75 Å². The van der Waals surface area contributed by atoms with Gasteiger partial charge >= 0.3 is 0 Å². The van der Waals surface area contributed by atoms with Crippen molar-refractivity contribution in [1.29, 1.82) is 0 Å². The molecule has 0 heterocycles. The Hall–Kier alpha value is -3.92. The Morgan fingerprint density at radius 3 is 2.26 bits per heavy atom. The summed E-state index contributed by atoms with van der Waals surface area (Å²) in [6.07, 6.45) is 2.04. The third-order valence-electron chi connectivity index (χ3n) is 6.77. The van der Waals surface area contributed by atoms with Gasteiger partial charge in [0.2, 0.25) is 11.8 Å². The first-order valence-electron chi connectivity index (χ1n) is 14.2. The fraction of sp³-hybridized carbons (Fsp3) is 0.375. The number of anilines is 1. The van der Waals surface area contributed by atoms with Crippen LogP contribution in [0, 0.1) is 12.7 Å². The maximum atomic E-state index is 14.1. The standard InChI is InChI=1S/C32H40FN3O5S/c1-5-8-20-34-32(38)30(6-2)35(22-25-11-9-10-24(4)21-25)31(37)23-36(27-14-16-28(17-15-27)41-7-3)42(39,40)29-18-12-26(33)13-19-29/h9-19,21,30H,5-8,20,22-23H2,1-4H3,(H,34,38). The van der Waals surface area contributed by atoms with Crippen molar-refractivity contribution in [1.82, 2.24) is 10.2 Å². The van der Waals surface area contributed by atoms with Gasteiger partial charge in [-0.15, -0.1) is 0 Å². The SMILES string of the molecule is CCCCNC(=O)C(CC)N(Cc1cccc(C)c1)C(=O)CN(c1ccc(OCC)cc1)S(=O)(=O)c1ccc(F)cc1. The van der Waals surface area contributed by atoms with Crippen LogP contribution in [0.2, 0.25) is 0 Å². The highest BCUT2D eigenvalue weighted by Gasteiger charge is 2.33. The predicted octanol–water partition coefficient (Wildman–Crippen LogP) is 5.45. The lowest BCUT2D eigenvalue weighted by Gasteiger charge is -2.33. The van der Waals surface area contributed by atoms with Crippen LogP contribution in [0.3, 0.4) is 0 Å². The largest absolute Gasteiger partial charge is 0.494 e. The number of aryl methyl sites for hydroxylation is 1. The minimum absolute atomic E-state index is 0.119. The van der Waals surface area contributed by atoms with E-state index in [1.54, 1.807) is 24.3 Å². The van der Waals surface area contributed by atoms with E-state index in [-0.39, 0.29) is 23.0 Å². The van der Waals surface area contributed by atoms with Gasteiger partial charge in [-0.25, -0.2) is 12.8 Å². The quantitative estimate of drug-likeness (QED) is 0.235. The molecule has 0 fully saturated rings. The van der Waals surface area contributed by atoms with Gasteiger partial charge in [-0.2, -0.15) is 0 Å². The molecule has 1 N–H and O–H groups in total. The van der Waals surface area contributed by atoms with Crippen LogP contribution in [-0.4, -0.2) is 50.9 Å². The summed E-state index contributed by atoms with van der Waals surface area (Å²) in [6.45, 7) is 8.08. The fourth-order valence-corrected chi connectivity index (χ4v) is 5.98. The molecule has 3 rings (SSSR count). The van der Waals surface area contributed by atoms with Gasteiger partial charge in [0.25, 0.3) is 10.0 Å². The second-order valence-corrected chi connectivity index (χ2v) is 11.8. The predicted molar refractivity (Wildman–Crippen MR) is 162 cm³/mol. The van der Waals surface area contributed by atoms with Crippen LogP contribution in [0.4, 0.5) is 10.1 Å². The first kappa shape index (κ1) is 32.6. The molecule has 1 unspecified atom stereocenters. The van der Waals surface area contributed by atoms with Crippen LogP contribution < -0.4 is 14.4 Å². The zero-order chi connectivity index (χ0) is 30.7. The van der Waals surface area contributed by atoms with Crippen molar-refractivity contribution < 1.29 is 27.1 Å². The van der Waals surface area contributed by atoms with Gasteiger partial charge < -0.3 is 15.0 Å². The molecule has 226 valence electrons. The van der Waals surface area contributed by atoms with E-state index in [4.69, 9.17) is 4.74 Å². The van der Waals surface area contributed by atoms with Crippen LogP contribution in [0.1, 0.15) is 51.2 Å². The van der Waals surface area contributed by atoms with E-state index < -0.39 is 34.3 Å². The second kappa shape index (κ2) is 15.3. The summed E-state index contributed by atoms with van der Waals surface area (Å²) >= 11 is 0. The first-order chi connectivity index (χ1) is 20.1. The summed E-state index contributed by atoms with van der Waals surface area (Å²) in [5.74, 6) is -0.876. The molecule has 3 aromatic carbocycles. The highest BCUT2D eigenvalue weighted by atomic mass is 32.2. The van der Waals surface area contributed by atoms with E-state index in [1.165, 1.54) is 4.90 Å². The number of sulfonamides is 1. The van der Waals surface area contributed by atoms with E-state index in [1.807, 2.05) is 52.0 Å². The number of hydrogen-bond acceptors (Lipinski definition) is 5. The monoisotopic (exact) mass is 597 g/mol. The molecule has 10 heteroatoms. The fourth-order valence-electron chi connectivity index (χ4n) is 4.57. The number of hydrogen-bond donors (Lipinski definition) is 1. The Kier molecular flexibility index (Phi) is 11.9. The minimum atomic E-state index is -4.30. The third-order valence-corrected chi connectivity index (χ3v) is 8.56. The molecule has 0 spiro atoms. The van der Waals surface area contributed by atoms with Gasteiger partial charge in [0.15, 0.2) is 0 Å². The van der Waals surface area contributed by atoms with Crippen LogP contribution in [0.25, 0.3) is 0 Å². The highest BCUT2D eigenvalue weighted by Crippen LogP contribution is 2.27. The topological polar surface area (TPSA) is 96.0 Å². The molecule has 3 aromatic rings. The molecular formula is C32H40FN3O5S. The number of halogens is 1. The summed E-state index contributed by atoms with van der Waals surface area (Å²) < 4.78 is 47.9. The lowest BCUT2D eigenvalue weighted by atomic mass is 10.1. The molecule has 0 aliphatic rings. The van der Waals surface area contributed by atoms with Crippen molar-refractivity contribution in [2.24, 2.45) is 0 Å². The zero-order valence-corrected chi connectivity index (χ0v) is 25.5. The Bertz CT molecular complexity index is 1430. The van der Waals surface area contributed by atoms with E-state index in [9.17, 15) is 22.4 Å². The van der Waals surface area contributed by atoms with Crippen molar-refractivity contribution in [3.05, 3.63) is 89.7 Å². The number of amides is 2. The Labute approximate surface area is 248 Å². The minimum Gasteiger partial charge on any atom is -0.494 e. The lowest BCUT2D eigenvalue weighted by Crippen LogP contribution is -2.52. The smallest absolute Gasteiger partial charge is 0.264 e. The van der Waals surface area contributed by atoms with Crippen LogP contribution in [0.15, 0.2) is 77.7 Å². The number of unbranched alkanes of at least 4 members (excludes halogenated alkanes) is 1.